The number of aliphatic hydroxyl groups excluding tert-OH is 2. The van der Waals surface area contributed by atoms with E-state index in [1.807, 2.05) is 42.5 Å². The lowest BCUT2D eigenvalue weighted by atomic mass is 9.91. The maximum atomic E-state index is 10.5. The van der Waals surface area contributed by atoms with Crippen molar-refractivity contribution in [1.82, 2.24) is 15.2 Å². The first-order valence-corrected chi connectivity index (χ1v) is 16.4. The minimum atomic E-state index is -0.660. The number of nitrogens with zero attached hydrogens (tertiary/aromatic N) is 1. The topological polar surface area (TPSA) is 108 Å². The number of hydrogen-bond donors (Lipinski definition) is 4. The smallest absolute Gasteiger partial charge is 0.161 e. The first-order valence-electron chi connectivity index (χ1n) is 16.4. The Morgan fingerprint density at radius 1 is 0.933 bits per heavy atom. The molecule has 2 aliphatic rings. The molecular formula is C36H47N3O6. The molecule has 2 fully saturated rings. The Balaban J connectivity index is 0.910. The number of rotatable bonds is 15. The fourth-order valence-corrected chi connectivity index (χ4v) is 6.81. The highest BCUT2D eigenvalue weighted by molar-refractivity contribution is 6.10. The molecule has 1 saturated heterocycles. The van der Waals surface area contributed by atoms with Crippen LogP contribution in [0.2, 0.25) is 0 Å². The second-order valence-corrected chi connectivity index (χ2v) is 12.3. The van der Waals surface area contributed by atoms with E-state index in [1.54, 1.807) is 7.11 Å². The van der Waals surface area contributed by atoms with Crippen LogP contribution in [-0.4, -0.2) is 97.6 Å². The molecule has 1 saturated carbocycles. The van der Waals surface area contributed by atoms with Crippen LogP contribution in [0.1, 0.15) is 37.7 Å². The summed E-state index contributed by atoms with van der Waals surface area (Å²) in [7, 11) is 1.66. The minimum absolute atomic E-state index is 0.189. The molecule has 4 atom stereocenters. The van der Waals surface area contributed by atoms with Crippen molar-refractivity contribution < 1.29 is 29.2 Å². The van der Waals surface area contributed by atoms with Crippen LogP contribution in [-0.2, 0) is 11.2 Å². The number of aliphatic hydroxyl groups is 2. The van der Waals surface area contributed by atoms with Crippen molar-refractivity contribution >= 4 is 21.8 Å². The van der Waals surface area contributed by atoms with Gasteiger partial charge >= 0.3 is 0 Å². The van der Waals surface area contributed by atoms with Crippen molar-refractivity contribution in [3.63, 3.8) is 0 Å². The predicted molar refractivity (Wildman–Crippen MR) is 177 cm³/mol. The van der Waals surface area contributed by atoms with Crippen molar-refractivity contribution in [2.45, 2.75) is 62.9 Å². The van der Waals surface area contributed by atoms with Gasteiger partial charge in [0.2, 0.25) is 0 Å². The summed E-state index contributed by atoms with van der Waals surface area (Å²) in [5.41, 5.74) is 3.23. The number of hydrogen-bond acceptors (Lipinski definition) is 8. The van der Waals surface area contributed by atoms with Crippen molar-refractivity contribution in [3.8, 4) is 17.2 Å². The van der Waals surface area contributed by atoms with E-state index >= 15 is 0 Å². The van der Waals surface area contributed by atoms with Crippen LogP contribution >= 0.6 is 0 Å². The molecule has 1 aromatic heterocycles. The van der Waals surface area contributed by atoms with Gasteiger partial charge in [-0.1, -0.05) is 43.2 Å². The number of likely N-dealkylation sites (tertiary alicyclic amines) is 1. The Bertz CT molecular complexity index is 1530. The van der Waals surface area contributed by atoms with Gasteiger partial charge in [0, 0.05) is 48.5 Å². The number of aromatic nitrogens is 1. The van der Waals surface area contributed by atoms with Gasteiger partial charge in [0.05, 0.1) is 31.4 Å². The Labute approximate surface area is 265 Å². The van der Waals surface area contributed by atoms with E-state index in [0.29, 0.717) is 43.8 Å². The fraction of sp³-hybridized carbons (Fsp3) is 0.500. The molecule has 1 aliphatic carbocycles. The summed E-state index contributed by atoms with van der Waals surface area (Å²) in [4.78, 5) is 5.85. The number of aromatic amines is 1. The predicted octanol–water partition coefficient (Wildman–Crippen LogP) is 4.67. The summed E-state index contributed by atoms with van der Waals surface area (Å²) in [6, 6.07) is 20.6. The molecular weight excluding hydrogens is 570 g/mol. The highest BCUT2D eigenvalue weighted by atomic mass is 16.5. The highest BCUT2D eigenvalue weighted by Gasteiger charge is 2.34. The van der Waals surface area contributed by atoms with Crippen LogP contribution in [0.25, 0.3) is 21.8 Å². The van der Waals surface area contributed by atoms with Crippen LogP contribution in [0.4, 0.5) is 0 Å². The van der Waals surface area contributed by atoms with Crippen LogP contribution in [0.15, 0.2) is 60.7 Å². The zero-order valence-corrected chi connectivity index (χ0v) is 26.2. The third-order valence-electron chi connectivity index (χ3n) is 9.12. The standard InChI is InChI=1S/C36H47N3O6/c1-42-35-21-25(16-19-43-32-11-5-4-10-31(32)39-18-15-26(40)23-39)13-14-33(35)44-20-17-37-22-27(41)24-45-34-12-6-9-30-36(34)28-7-2-3-8-29(28)38-30/h2-3,6-9,12-14,21,26-27,31-32,37-38,40-41H,4-5,10-11,15-20,22-24H2,1H3/t26-,27?,31+,32+/m0/s1. The molecule has 9 heteroatoms. The first kappa shape index (κ1) is 31.6. The summed E-state index contributed by atoms with van der Waals surface area (Å²) in [6.45, 7) is 4.00. The molecule has 45 heavy (non-hydrogen) atoms. The Hall–Kier alpha value is -3.34. The van der Waals surface area contributed by atoms with Crippen LogP contribution < -0.4 is 19.5 Å². The SMILES string of the molecule is COc1cc(CCO[C@@H]2CCCC[C@H]2N2CC[C@H](O)C2)ccc1OCCNCC(O)COc1cccc2[nH]c3ccccc3c12. The molecule has 0 bridgehead atoms. The second-order valence-electron chi connectivity index (χ2n) is 12.3. The van der Waals surface area contributed by atoms with Crippen LogP contribution in [0, 0.1) is 0 Å². The van der Waals surface area contributed by atoms with E-state index in [1.165, 1.54) is 12.8 Å². The average Bonchev–Trinajstić information content (AvgIpc) is 3.68. The lowest BCUT2D eigenvalue weighted by Gasteiger charge is -2.37. The summed E-state index contributed by atoms with van der Waals surface area (Å²) in [6.07, 6.45) is 5.75. The Morgan fingerprint density at radius 2 is 1.80 bits per heavy atom. The first-order chi connectivity index (χ1) is 22.1. The number of methoxy groups -OCH3 is 1. The van der Waals surface area contributed by atoms with E-state index in [9.17, 15) is 10.2 Å². The van der Waals surface area contributed by atoms with Crippen molar-refractivity contribution in [1.29, 1.82) is 0 Å². The molecule has 6 rings (SSSR count). The number of nitrogens with one attached hydrogen (secondary N) is 2. The second kappa shape index (κ2) is 15.3. The third kappa shape index (κ3) is 7.91. The third-order valence-corrected chi connectivity index (χ3v) is 9.12. The molecule has 4 N–H and O–H groups in total. The molecule has 3 aromatic carbocycles. The van der Waals surface area contributed by atoms with Gasteiger partial charge in [0.1, 0.15) is 25.1 Å². The van der Waals surface area contributed by atoms with Gasteiger partial charge < -0.3 is 39.5 Å². The number of para-hydroxylation sites is 1. The zero-order chi connectivity index (χ0) is 31.0. The normalized spacial score (nSPS) is 21.4. The Kier molecular flexibility index (Phi) is 10.8. The van der Waals surface area contributed by atoms with Gasteiger partial charge in [-0.3, -0.25) is 4.90 Å². The number of β-amino-alcohol motifs (C(OH)–C–C–N with tert-alkyl or cyclic N) is 1. The summed E-state index contributed by atoms with van der Waals surface area (Å²) in [5, 5.41) is 25.9. The lowest BCUT2D eigenvalue weighted by Crippen LogP contribution is -2.46. The molecule has 4 aromatic rings. The van der Waals surface area contributed by atoms with Crippen molar-refractivity contribution in [2.24, 2.45) is 0 Å². The van der Waals surface area contributed by atoms with Crippen LogP contribution in [0.5, 0.6) is 17.2 Å². The molecule has 0 spiro atoms. The molecule has 0 radical (unpaired) electrons. The molecule has 0 amide bonds. The largest absolute Gasteiger partial charge is 0.493 e. The van der Waals surface area contributed by atoms with E-state index in [4.69, 9.17) is 18.9 Å². The fourth-order valence-electron chi connectivity index (χ4n) is 6.81. The van der Waals surface area contributed by atoms with E-state index < -0.39 is 6.10 Å². The monoisotopic (exact) mass is 617 g/mol. The number of H-pyrrole nitrogens is 1. The molecule has 242 valence electrons. The number of fused-ring (bicyclic) bond motifs is 3. The van der Waals surface area contributed by atoms with Crippen LogP contribution in [0.3, 0.4) is 0 Å². The zero-order valence-electron chi connectivity index (χ0n) is 26.2. The van der Waals surface area contributed by atoms with Crippen molar-refractivity contribution in [2.75, 3.05) is 53.1 Å². The van der Waals surface area contributed by atoms with Gasteiger partial charge in [-0.15, -0.1) is 0 Å². The minimum Gasteiger partial charge on any atom is -0.493 e. The highest BCUT2D eigenvalue weighted by Crippen LogP contribution is 2.33. The molecule has 9 nitrogen and oxygen atoms in total. The van der Waals surface area contributed by atoms with E-state index in [-0.39, 0.29) is 18.8 Å². The maximum absolute atomic E-state index is 10.5. The van der Waals surface area contributed by atoms with Gasteiger partial charge in [-0.05, 0) is 61.6 Å². The number of benzene rings is 3. The van der Waals surface area contributed by atoms with Gasteiger partial charge in [-0.25, -0.2) is 0 Å². The van der Waals surface area contributed by atoms with E-state index in [2.05, 4.69) is 33.4 Å². The molecule has 1 aliphatic heterocycles. The summed E-state index contributed by atoms with van der Waals surface area (Å²) >= 11 is 0. The number of ether oxygens (including phenoxy) is 4. The van der Waals surface area contributed by atoms with Gasteiger partial charge in [-0.2, -0.15) is 0 Å². The van der Waals surface area contributed by atoms with Crippen molar-refractivity contribution in [3.05, 3.63) is 66.2 Å². The van der Waals surface area contributed by atoms with Gasteiger partial charge in [0.15, 0.2) is 11.5 Å². The quantitative estimate of drug-likeness (QED) is 0.143. The summed E-state index contributed by atoms with van der Waals surface area (Å²) in [5.74, 6) is 2.16. The van der Waals surface area contributed by atoms with E-state index in [0.717, 1.165) is 71.9 Å². The Morgan fingerprint density at radius 3 is 2.67 bits per heavy atom. The molecule has 1 unspecified atom stereocenters. The maximum Gasteiger partial charge on any atom is 0.161 e. The lowest BCUT2D eigenvalue weighted by molar-refractivity contribution is -0.0316. The summed E-state index contributed by atoms with van der Waals surface area (Å²) < 4.78 is 24.0. The average molecular weight is 618 g/mol. The molecule has 2 heterocycles. The van der Waals surface area contributed by atoms with Gasteiger partial charge in [0.25, 0.3) is 0 Å².